The lowest BCUT2D eigenvalue weighted by Crippen LogP contribution is -2.21. The summed E-state index contributed by atoms with van der Waals surface area (Å²) in [7, 11) is 0. The third-order valence-corrected chi connectivity index (χ3v) is 2.56. The minimum absolute atomic E-state index is 0.0371. The fraction of sp³-hybridized carbons (Fsp3) is 0.333. The highest BCUT2D eigenvalue weighted by Crippen LogP contribution is 2.13. The van der Waals surface area contributed by atoms with Crippen LogP contribution in [0.1, 0.15) is 13.3 Å². The molecule has 0 N–H and O–H groups in total. The third kappa shape index (κ3) is 2.36. The first kappa shape index (κ1) is 11.3. The molecule has 0 unspecified atom stereocenters. The highest BCUT2D eigenvalue weighted by molar-refractivity contribution is 6.40. The molecule has 14 heavy (non-hydrogen) atoms. The lowest BCUT2D eigenvalue weighted by molar-refractivity contribution is 0.709. The summed E-state index contributed by atoms with van der Waals surface area (Å²) in [5.74, 6) is 0. The molecule has 1 heterocycles. The fourth-order valence-electron chi connectivity index (χ4n) is 0.909. The molecule has 0 aliphatic carbocycles. The zero-order chi connectivity index (χ0) is 10.7. The van der Waals surface area contributed by atoms with E-state index in [1.165, 1.54) is 10.9 Å². The maximum atomic E-state index is 11.5. The van der Waals surface area contributed by atoms with Gasteiger partial charge in [-0.2, -0.15) is 0 Å². The zero-order valence-electron chi connectivity index (χ0n) is 7.76. The number of rotatable bonds is 3. The monoisotopic (exact) mass is 232 g/mol. The highest BCUT2D eigenvalue weighted by atomic mass is 35.5. The fourth-order valence-corrected chi connectivity index (χ4v) is 1.19. The van der Waals surface area contributed by atoms with Gasteiger partial charge in [-0.1, -0.05) is 42.3 Å². The standard InChI is InChI=1S/C9H10Cl2N2O/c1-3-6(2)4-13-5-12-8(11)7(10)9(13)14/h5H,2-4H2,1H3. The van der Waals surface area contributed by atoms with E-state index in [0.717, 1.165) is 12.0 Å². The molecule has 0 amide bonds. The van der Waals surface area contributed by atoms with Crippen molar-refractivity contribution < 1.29 is 0 Å². The molecule has 1 aromatic heterocycles. The average molecular weight is 233 g/mol. The highest BCUT2D eigenvalue weighted by Gasteiger charge is 2.07. The van der Waals surface area contributed by atoms with Gasteiger partial charge in [0, 0.05) is 6.54 Å². The molecule has 0 aliphatic heterocycles. The Bertz CT molecular complexity index is 412. The maximum absolute atomic E-state index is 11.5. The first-order valence-electron chi connectivity index (χ1n) is 4.13. The number of allylic oxidation sites excluding steroid dienone is 1. The number of aromatic nitrogens is 2. The van der Waals surface area contributed by atoms with Crippen LogP contribution in [0, 0.1) is 0 Å². The van der Waals surface area contributed by atoms with Crippen LogP contribution in [-0.4, -0.2) is 9.55 Å². The van der Waals surface area contributed by atoms with Crippen molar-refractivity contribution >= 4 is 23.2 Å². The van der Waals surface area contributed by atoms with Gasteiger partial charge in [0.15, 0.2) is 5.15 Å². The molecule has 1 rings (SSSR count). The van der Waals surface area contributed by atoms with E-state index in [4.69, 9.17) is 23.2 Å². The van der Waals surface area contributed by atoms with Crippen LogP contribution in [0.4, 0.5) is 0 Å². The Hall–Kier alpha value is -0.800. The van der Waals surface area contributed by atoms with E-state index in [-0.39, 0.29) is 15.7 Å². The van der Waals surface area contributed by atoms with E-state index in [1.54, 1.807) is 0 Å². The van der Waals surface area contributed by atoms with Crippen molar-refractivity contribution in [2.24, 2.45) is 0 Å². The first-order chi connectivity index (χ1) is 6.56. The first-order valence-corrected chi connectivity index (χ1v) is 4.89. The average Bonchev–Trinajstić information content (AvgIpc) is 2.19. The predicted octanol–water partition coefficient (Wildman–Crippen LogP) is 2.52. The second-order valence-electron chi connectivity index (χ2n) is 2.89. The van der Waals surface area contributed by atoms with Crippen molar-refractivity contribution in [3.05, 3.63) is 39.0 Å². The Kier molecular flexibility index (Phi) is 3.72. The van der Waals surface area contributed by atoms with Crippen molar-refractivity contribution in [1.82, 2.24) is 9.55 Å². The van der Waals surface area contributed by atoms with Gasteiger partial charge in [-0.15, -0.1) is 0 Å². The van der Waals surface area contributed by atoms with Crippen LogP contribution in [-0.2, 0) is 6.54 Å². The van der Waals surface area contributed by atoms with Gasteiger partial charge in [-0.25, -0.2) is 4.98 Å². The molecule has 0 fully saturated rings. The van der Waals surface area contributed by atoms with Crippen LogP contribution in [0.2, 0.25) is 10.2 Å². The largest absolute Gasteiger partial charge is 0.294 e. The summed E-state index contributed by atoms with van der Waals surface area (Å²) in [4.78, 5) is 15.3. The Morgan fingerprint density at radius 3 is 2.86 bits per heavy atom. The lowest BCUT2D eigenvalue weighted by Gasteiger charge is -2.06. The summed E-state index contributed by atoms with van der Waals surface area (Å²) in [5, 5.41) is -0.00639. The van der Waals surface area contributed by atoms with Gasteiger partial charge in [-0.3, -0.25) is 9.36 Å². The Morgan fingerprint density at radius 1 is 1.64 bits per heavy atom. The molecule has 0 aliphatic rings. The van der Waals surface area contributed by atoms with Crippen molar-refractivity contribution in [2.45, 2.75) is 19.9 Å². The predicted molar refractivity (Wildman–Crippen MR) is 57.9 cm³/mol. The van der Waals surface area contributed by atoms with Crippen molar-refractivity contribution in [3.8, 4) is 0 Å². The van der Waals surface area contributed by atoms with E-state index < -0.39 is 0 Å². The van der Waals surface area contributed by atoms with Gasteiger partial charge in [0.1, 0.15) is 5.02 Å². The van der Waals surface area contributed by atoms with E-state index in [0.29, 0.717) is 6.54 Å². The summed E-state index contributed by atoms with van der Waals surface area (Å²) in [6.45, 7) is 6.20. The number of hydrogen-bond acceptors (Lipinski definition) is 2. The maximum Gasteiger partial charge on any atom is 0.273 e. The van der Waals surface area contributed by atoms with Crippen LogP contribution in [0.15, 0.2) is 23.3 Å². The SMILES string of the molecule is C=C(CC)Cn1cnc(Cl)c(Cl)c1=O. The smallest absolute Gasteiger partial charge is 0.273 e. The van der Waals surface area contributed by atoms with Crippen molar-refractivity contribution in [2.75, 3.05) is 0 Å². The zero-order valence-corrected chi connectivity index (χ0v) is 9.27. The minimum Gasteiger partial charge on any atom is -0.294 e. The second-order valence-corrected chi connectivity index (χ2v) is 3.62. The molecule has 76 valence electrons. The quantitative estimate of drug-likeness (QED) is 0.593. The van der Waals surface area contributed by atoms with Gasteiger partial charge in [0.25, 0.3) is 5.56 Å². The van der Waals surface area contributed by atoms with E-state index >= 15 is 0 Å². The van der Waals surface area contributed by atoms with Crippen LogP contribution in [0.25, 0.3) is 0 Å². The van der Waals surface area contributed by atoms with Gasteiger partial charge in [-0.05, 0) is 6.42 Å². The molecule has 5 heteroatoms. The van der Waals surface area contributed by atoms with Gasteiger partial charge in [0.05, 0.1) is 6.33 Å². The molecule has 0 aromatic carbocycles. The van der Waals surface area contributed by atoms with Crippen molar-refractivity contribution in [1.29, 1.82) is 0 Å². The molecule has 1 aromatic rings. The van der Waals surface area contributed by atoms with Gasteiger partial charge < -0.3 is 0 Å². The van der Waals surface area contributed by atoms with Crippen LogP contribution in [0.5, 0.6) is 0 Å². The molecule has 0 saturated heterocycles. The number of hydrogen-bond donors (Lipinski definition) is 0. The summed E-state index contributed by atoms with van der Waals surface area (Å²) < 4.78 is 1.39. The molecule has 3 nitrogen and oxygen atoms in total. The topological polar surface area (TPSA) is 34.9 Å². The Labute approximate surface area is 92.0 Å². The van der Waals surface area contributed by atoms with Crippen molar-refractivity contribution in [3.63, 3.8) is 0 Å². The normalized spacial score (nSPS) is 10.2. The molecular formula is C9H10Cl2N2O. The van der Waals surface area contributed by atoms with E-state index in [2.05, 4.69) is 11.6 Å². The molecular weight excluding hydrogens is 223 g/mol. The number of nitrogens with zero attached hydrogens (tertiary/aromatic N) is 2. The lowest BCUT2D eigenvalue weighted by atomic mass is 10.2. The molecule has 0 saturated carbocycles. The molecule has 0 radical (unpaired) electrons. The van der Waals surface area contributed by atoms with Crippen LogP contribution >= 0.6 is 23.2 Å². The number of halogens is 2. The summed E-state index contributed by atoms with van der Waals surface area (Å²) in [6.07, 6.45) is 2.18. The van der Waals surface area contributed by atoms with Crippen LogP contribution in [0.3, 0.4) is 0 Å². The molecule has 0 bridgehead atoms. The summed E-state index contributed by atoms with van der Waals surface area (Å²) >= 11 is 11.2. The Balaban J connectivity index is 3.06. The third-order valence-electron chi connectivity index (χ3n) is 1.83. The van der Waals surface area contributed by atoms with Gasteiger partial charge in [0.2, 0.25) is 0 Å². The van der Waals surface area contributed by atoms with E-state index in [9.17, 15) is 4.79 Å². The molecule has 0 spiro atoms. The second kappa shape index (κ2) is 4.62. The van der Waals surface area contributed by atoms with E-state index in [1.807, 2.05) is 6.92 Å². The summed E-state index contributed by atoms with van der Waals surface area (Å²) in [5.41, 5.74) is 0.605. The van der Waals surface area contributed by atoms with Gasteiger partial charge >= 0.3 is 0 Å². The summed E-state index contributed by atoms with van der Waals surface area (Å²) in [6, 6.07) is 0. The minimum atomic E-state index is -0.332. The Morgan fingerprint density at radius 2 is 2.29 bits per heavy atom. The van der Waals surface area contributed by atoms with Crippen LogP contribution < -0.4 is 5.56 Å². The molecule has 0 atom stereocenters.